The highest BCUT2D eigenvalue weighted by atomic mass is 35.5. The lowest BCUT2D eigenvalue weighted by Crippen LogP contribution is -2.13. The second kappa shape index (κ2) is 6.64. The number of thiophene rings is 1. The van der Waals surface area contributed by atoms with E-state index >= 15 is 0 Å². The van der Waals surface area contributed by atoms with Crippen molar-refractivity contribution >= 4 is 49.6 Å². The van der Waals surface area contributed by atoms with Crippen molar-refractivity contribution in [2.24, 2.45) is 0 Å². The number of anilines is 1. The molecule has 8 heteroatoms. The van der Waals surface area contributed by atoms with Gasteiger partial charge in [0.05, 0.1) is 5.02 Å². The molecular formula is C16H11Cl2NO3S2. The summed E-state index contributed by atoms with van der Waals surface area (Å²) in [5.41, 5.74) is 1.63. The molecule has 0 saturated heterocycles. The van der Waals surface area contributed by atoms with Gasteiger partial charge in [0, 0.05) is 10.6 Å². The van der Waals surface area contributed by atoms with Crippen molar-refractivity contribution in [2.45, 2.75) is 4.90 Å². The standard InChI is InChI=1S/C16H11Cl2NO3S2/c17-11-8-13(18)15(20)14(9-11)24(21,22)19-16-12(6-7-23-16)10-4-2-1-3-5-10/h1-9,19-20H. The van der Waals surface area contributed by atoms with Crippen LogP contribution >= 0.6 is 34.5 Å². The number of phenols is 1. The van der Waals surface area contributed by atoms with Gasteiger partial charge in [-0.15, -0.1) is 11.3 Å². The van der Waals surface area contributed by atoms with Gasteiger partial charge in [0.2, 0.25) is 0 Å². The topological polar surface area (TPSA) is 66.4 Å². The first-order valence-electron chi connectivity index (χ1n) is 6.72. The zero-order chi connectivity index (χ0) is 17.3. The highest BCUT2D eigenvalue weighted by molar-refractivity contribution is 7.93. The van der Waals surface area contributed by atoms with E-state index in [0.29, 0.717) is 5.00 Å². The van der Waals surface area contributed by atoms with E-state index in [9.17, 15) is 13.5 Å². The Balaban J connectivity index is 2.02. The molecule has 3 aromatic rings. The third-order valence-electron chi connectivity index (χ3n) is 3.26. The van der Waals surface area contributed by atoms with Gasteiger partial charge < -0.3 is 5.11 Å². The largest absolute Gasteiger partial charge is 0.505 e. The second-order valence-corrected chi connectivity index (χ2v) is 8.28. The summed E-state index contributed by atoms with van der Waals surface area (Å²) < 4.78 is 27.7. The first-order valence-corrected chi connectivity index (χ1v) is 9.84. The summed E-state index contributed by atoms with van der Waals surface area (Å²) in [5, 5.41) is 12.2. The summed E-state index contributed by atoms with van der Waals surface area (Å²) >= 11 is 12.9. The van der Waals surface area contributed by atoms with Gasteiger partial charge in [0.1, 0.15) is 9.90 Å². The average molecular weight is 400 g/mol. The minimum absolute atomic E-state index is 0.118. The zero-order valence-electron chi connectivity index (χ0n) is 12.0. The Bertz CT molecular complexity index is 986. The van der Waals surface area contributed by atoms with E-state index < -0.39 is 15.8 Å². The number of hydrogen-bond donors (Lipinski definition) is 2. The fourth-order valence-corrected chi connectivity index (χ4v) is 5.06. The fraction of sp³-hybridized carbons (Fsp3) is 0. The molecule has 0 bridgehead atoms. The highest BCUT2D eigenvalue weighted by Crippen LogP contribution is 2.38. The van der Waals surface area contributed by atoms with E-state index in [-0.39, 0.29) is 14.9 Å². The van der Waals surface area contributed by atoms with Crippen molar-refractivity contribution < 1.29 is 13.5 Å². The first-order chi connectivity index (χ1) is 11.4. The normalized spacial score (nSPS) is 11.4. The molecule has 0 aliphatic rings. The molecule has 0 unspecified atom stereocenters. The number of halogens is 2. The van der Waals surface area contributed by atoms with Crippen LogP contribution in [-0.4, -0.2) is 13.5 Å². The summed E-state index contributed by atoms with van der Waals surface area (Å²) in [6.07, 6.45) is 0. The van der Waals surface area contributed by atoms with Gasteiger partial charge in [0.25, 0.3) is 10.0 Å². The Morgan fingerprint density at radius 3 is 2.46 bits per heavy atom. The third kappa shape index (κ3) is 3.37. The Hall–Kier alpha value is -1.73. The lowest BCUT2D eigenvalue weighted by atomic mass is 10.1. The molecule has 1 aromatic heterocycles. The van der Waals surface area contributed by atoms with E-state index in [0.717, 1.165) is 17.2 Å². The predicted octanol–water partition coefficient (Wildman–Crippen LogP) is 5.23. The fourth-order valence-electron chi connectivity index (χ4n) is 2.16. The van der Waals surface area contributed by atoms with Gasteiger partial charge in [-0.05, 0) is 29.1 Å². The van der Waals surface area contributed by atoms with Crippen LogP contribution in [0.1, 0.15) is 0 Å². The molecule has 4 nitrogen and oxygen atoms in total. The molecule has 3 rings (SSSR count). The number of aromatic hydroxyl groups is 1. The van der Waals surface area contributed by atoms with E-state index in [1.165, 1.54) is 17.4 Å². The lowest BCUT2D eigenvalue weighted by Gasteiger charge is -2.11. The zero-order valence-corrected chi connectivity index (χ0v) is 15.2. The van der Waals surface area contributed by atoms with Crippen LogP contribution in [0.3, 0.4) is 0 Å². The second-order valence-electron chi connectivity index (χ2n) is 4.87. The Labute approximate surface area is 153 Å². The maximum absolute atomic E-state index is 12.6. The molecule has 2 aromatic carbocycles. The number of rotatable bonds is 4. The van der Waals surface area contributed by atoms with Crippen molar-refractivity contribution in [2.75, 3.05) is 4.72 Å². The molecule has 0 spiro atoms. The Kier molecular flexibility index (Phi) is 4.73. The number of benzene rings is 2. The van der Waals surface area contributed by atoms with Crippen molar-refractivity contribution in [3.8, 4) is 16.9 Å². The van der Waals surface area contributed by atoms with E-state index in [1.54, 1.807) is 5.38 Å². The van der Waals surface area contributed by atoms with Gasteiger partial charge >= 0.3 is 0 Å². The number of hydrogen-bond acceptors (Lipinski definition) is 4. The van der Waals surface area contributed by atoms with Crippen LogP contribution in [0.2, 0.25) is 10.0 Å². The summed E-state index contributed by atoms with van der Waals surface area (Å²) in [4.78, 5) is -0.368. The van der Waals surface area contributed by atoms with Crippen LogP contribution < -0.4 is 4.72 Å². The van der Waals surface area contributed by atoms with E-state index in [2.05, 4.69) is 4.72 Å². The molecule has 0 atom stereocenters. The van der Waals surface area contributed by atoms with Crippen LogP contribution in [0, 0.1) is 0 Å². The first kappa shape index (κ1) is 17.1. The monoisotopic (exact) mass is 399 g/mol. The minimum atomic E-state index is -4.05. The Morgan fingerprint density at radius 1 is 1.04 bits per heavy atom. The highest BCUT2D eigenvalue weighted by Gasteiger charge is 2.23. The Morgan fingerprint density at radius 2 is 1.75 bits per heavy atom. The third-order valence-corrected chi connectivity index (χ3v) is 6.09. The molecule has 0 radical (unpaired) electrons. The summed E-state index contributed by atoms with van der Waals surface area (Å²) in [6, 6.07) is 13.6. The quantitative estimate of drug-likeness (QED) is 0.630. The van der Waals surface area contributed by atoms with Crippen molar-refractivity contribution in [1.82, 2.24) is 0 Å². The molecular weight excluding hydrogens is 389 g/mol. The van der Waals surface area contributed by atoms with Crippen LogP contribution in [0.25, 0.3) is 11.1 Å². The molecule has 0 amide bonds. The summed E-state index contributed by atoms with van der Waals surface area (Å²) in [7, 11) is -4.05. The van der Waals surface area contributed by atoms with Crippen molar-refractivity contribution in [3.05, 3.63) is 64.0 Å². The van der Waals surface area contributed by atoms with E-state index in [1.807, 2.05) is 36.4 Å². The van der Waals surface area contributed by atoms with Gasteiger partial charge in [-0.3, -0.25) is 4.72 Å². The molecule has 0 fully saturated rings. The molecule has 2 N–H and O–H groups in total. The smallest absolute Gasteiger partial charge is 0.266 e. The molecule has 124 valence electrons. The van der Waals surface area contributed by atoms with Crippen LogP contribution in [0.4, 0.5) is 5.00 Å². The summed E-state index contributed by atoms with van der Waals surface area (Å²) in [5.74, 6) is -0.536. The molecule has 0 aliphatic carbocycles. The maximum Gasteiger partial charge on any atom is 0.266 e. The number of sulfonamides is 1. The van der Waals surface area contributed by atoms with Gasteiger partial charge in [-0.25, -0.2) is 8.42 Å². The molecule has 24 heavy (non-hydrogen) atoms. The molecule has 0 saturated carbocycles. The van der Waals surface area contributed by atoms with Crippen molar-refractivity contribution in [3.63, 3.8) is 0 Å². The number of phenolic OH excluding ortho intramolecular Hbond substituents is 1. The number of nitrogens with one attached hydrogen (secondary N) is 1. The summed E-state index contributed by atoms with van der Waals surface area (Å²) in [6.45, 7) is 0. The van der Waals surface area contributed by atoms with E-state index in [4.69, 9.17) is 23.2 Å². The SMILES string of the molecule is O=S(=O)(Nc1sccc1-c1ccccc1)c1cc(Cl)cc(Cl)c1O. The van der Waals surface area contributed by atoms with Crippen LogP contribution in [0.15, 0.2) is 58.8 Å². The minimum Gasteiger partial charge on any atom is -0.505 e. The van der Waals surface area contributed by atoms with Gasteiger partial charge in [-0.2, -0.15) is 0 Å². The van der Waals surface area contributed by atoms with Gasteiger partial charge in [-0.1, -0.05) is 53.5 Å². The molecule has 0 aliphatic heterocycles. The predicted molar refractivity (Wildman–Crippen MR) is 98.7 cm³/mol. The van der Waals surface area contributed by atoms with Gasteiger partial charge in [0.15, 0.2) is 5.75 Å². The average Bonchev–Trinajstić information content (AvgIpc) is 2.99. The lowest BCUT2D eigenvalue weighted by molar-refractivity contribution is 0.459. The van der Waals surface area contributed by atoms with Crippen molar-refractivity contribution in [1.29, 1.82) is 0 Å². The molecule has 1 heterocycles. The van der Waals surface area contributed by atoms with Crippen LogP contribution in [-0.2, 0) is 10.0 Å². The van der Waals surface area contributed by atoms with Crippen LogP contribution in [0.5, 0.6) is 5.75 Å². The maximum atomic E-state index is 12.6.